The summed E-state index contributed by atoms with van der Waals surface area (Å²) in [4.78, 5) is 14.5. The molecule has 1 heterocycles. The van der Waals surface area contributed by atoms with E-state index in [-0.39, 0.29) is 23.6 Å². The van der Waals surface area contributed by atoms with Crippen LogP contribution in [0.2, 0.25) is 0 Å². The molecule has 0 bridgehead atoms. The zero-order chi connectivity index (χ0) is 21.7. The van der Waals surface area contributed by atoms with Gasteiger partial charge in [-0.2, -0.15) is 5.26 Å². The number of aromatic carboxylic acids is 1. The van der Waals surface area contributed by atoms with Crippen LogP contribution in [0.25, 0.3) is 33.3 Å². The highest BCUT2D eigenvalue weighted by molar-refractivity contribution is 5.97. The summed E-state index contributed by atoms with van der Waals surface area (Å²) in [6.07, 6.45) is 1.51. The second kappa shape index (κ2) is 6.99. The van der Waals surface area contributed by atoms with Gasteiger partial charge in [0.25, 0.3) is 0 Å². The number of nitrogens with zero attached hydrogens (tertiary/aromatic N) is 1. The van der Waals surface area contributed by atoms with Crippen molar-refractivity contribution in [2.75, 3.05) is 0 Å². The van der Waals surface area contributed by atoms with Gasteiger partial charge in [-0.15, -0.1) is 0 Å². The number of rotatable bonds is 3. The van der Waals surface area contributed by atoms with Gasteiger partial charge in [-0.1, -0.05) is 36.4 Å². The molecule has 1 aromatic heterocycles. The van der Waals surface area contributed by atoms with Gasteiger partial charge in [-0.05, 0) is 47.2 Å². The first-order valence-corrected chi connectivity index (χ1v) is 9.86. The lowest BCUT2D eigenvalue weighted by Gasteiger charge is -2.18. The van der Waals surface area contributed by atoms with E-state index >= 15 is 4.39 Å². The van der Waals surface area contributed by atoms with Crippen LogP contribution in [0.4, 0.5) is 4.39 Å². The van der Waals surface area contributed by atoms with E-state index in [1.54, 1.807) is 6.07 Å². The lowest BCUT2D eigenvalue weighted by molar-refractivity contribution is 0.0693. The molecule has 5 nitrogen and oxygen atoms in total. The smallest absolute Gasteiger partial charge is 0.339 e. The summed E-state index contributed by atoms with van der Waals surface area (Å²) in [6, 6.07) is 16.0. The van der Waals surface area contributed by atoms with Crippen LogP contribution in [-0.4, -0.2) is 21.2 Å². The highest BCUT2D eigenvalue weighted by Gasteiger charge is 2.25. The van der Waals surface area contributed by atoms with Crippen molar-refractivity contribution in [1.82, 2.24) is 4.98 Å². The van der Waals surface area contributed by atoms with Crippen molar-refractivity contribution in [3.8, 4) is 34.2 Å². The van der Waals surface area contributed by atoms with Crippen LogP contribution < -0.4 is 0 Å². The third kappa shape index (κ3) is 2.94. The van der Waals surface area contributed by atoms with Crippen molar-refractivity contribution in [1.29, 1.82) is 5.26 Å². The van der Waals surface area contributed by atoms with Crippen LogP contribution >= 0.6 is 0 Å². The molecule has 0 atom stereocenters. The average molecular weight is 412 g/mol. The van der Waals surface area contributed by atoms with E-state index in [9.17, 15) is 15.0 Å². The Morgan fingerprint density at radius 1 is 1.13 bits per heavy atom. The number of benzene rings is 3. The van der Waals surface area contributed by atoms with Crippen molar-refractivity contribution in [2.24, 2.45) is 0 Å². The third-order valence-electron chi connectivity index (χ3n) is 5.91. The Morgan fingerprint density at radius 2 is 1.97 bits per heavy atom. The Bertz CT molecular complexity index is 1430. The summed E-state index contributed by atoms with van der Waals surface area (Å²) in [6.45, 7) is 0. The molecule has 0 saturated heterocycles. The van der Waals surface area contributed by atoms with E-state index in [0.29, 0.717) is 40.7 Å². The molecule has 0 amide bonds. The molecular weight excluding hydrogens is 395 g/mol. The third-order valence-corrected chi connectivity index (χ3v) is 5.91. The maximum atomic E-state index is 15.6. The molecule has 0 saturated carbocycles. The molecule has 4 aromatic rings. The van der Waals surface area contributed by atoms with Crippen LogP contribution in [0, 0.1) is 17.1 Å². The number of phenols is 1. The average Bonchev–Trinajstić information content (AvgIpc) is 3.14. The van der Waals surface area contributed by atoms with E-state index in [2.05, 4.69) is 11.1 Å². The van der Waals surface area contributed by atoms with Crippen LogP contribution in [0.3, 0.4) is 0 Å². The van der Waals surface area contributed by atoms with Gasteiger partial charge in [0.15, 0.2) is 5.82 Å². The minimum Gasteiger partial charge on any atom is -0.507 e. The molecule has 3 N–H and O–H groups in total. The molecule has 1 aliphatic carbocycles. The number of carboxylic acids is 1. The number of aromatic nitrogens is 1. The molecule has 0 unspecified atom stereocenters. The summed E-state index contributed by atoms with van der Waals surface area (Å²) in [5.41, 5.74) is 5.36. The number of carboxylic acid groups (broad SMARTS) is 1. The maximum absolute atomic E-state index is 15.6. The summed E-state index contributed by atoms with van der Waals surface area (Å²) in [7, 11) is 0. The van der Waals surface area contributed by atoms with Crippen molar-refractivity contribution in [3.63, 3.8) is 0 Å². The van der Waals surface area contributed by atoms with Gasteiger partial charge in [0.2, 0.25) is 0 Å². The van der Waals surface area contributed by atoms with Crippen LogP contribution in [0.15, 0.2) is 48.5 Å². The van der Waals surface area contributed by atoms with E-state index < -0.39 is 5.97 Å². The number of nitriles is 1. The van der Waals surface area contributed by atoms with Gasteiger partial charge in [0, 0.05) is 16.5 Å². The molecule has 152 valence electrons. The minimum absolute atomic E-state index is 0.135. The Kier molecular flexibility index (Phi) is 4.26. The number of aryl methyl sites for hydroxylation is 2. The minimum atomic E-state index is -1.18. The molecular formula is C25H17FN2O3. The fraction of sp³-hybridized carbons (Fsp3) is 0.120. The first-order valence-electron chi connectivity index (χ1n) is 9.86. The lowest BCUT2D eigenvalue weighted by atomic mass is 9.87. The summed E-state index contributed by atoms with van der Waals surface area (Å²) in [5, 5.41) is 29.1. The van der Waals surface area contributed by atoms with Crippen molar-refractivity contribution in [3.05, 3.63) is 76.6 Å². The molecule has 6 heteroatoms. The summed E-state index contributed by atoms with van der Waals surface area (Å²) < 4.78 is 15.6. The van der Waals surface area contributed by atoms with Gasteiger partial charge >= 0.3 is 5.97 Å². The van der Waals surface area contributed by atoms with Crippen molar-refractivity contribution >= 4 is 16.9 Å². The van der Waals surface area contributed by atoms with E-state index in [4.69, 9.17) is 5.26 Å². The number of hydrogen-bond acceptors (Lipinski definition) is 3. The zero-order valence-electron chi connectivity index (χ0n) is 16.4. The highest BCUT2D eigenvalue weighted by atomic mass is 19.1. The zero-order valence-corrected chi connectivity index (χ0v) is 16.4. The molecule has 0 fully saturated rings. The predicted octanol–water partition coefficient (Wildman–Crippen LogP) is 5.21. The Morgan fingerprint density at radius 3 is 2.74 bits per heavy atom. The highest BCUT2D eigenvalue weighted by Crippen LogP contribution is 2.42. The van der Waals surface area contributed by atoms with E-state index in [0.717, 1.165) is 22.1 Å². The molecule has 0 radical (unpaired) electrons. The monoisotopic (exact) mass is 412 g/mol. The summed E-state index contributed by atoms with van der Waals surface area (Å²) >= 11 is 0. The van der Waals surface area contributed by atoms with E-state index in [1.165, 1.54) is 12.1 Å². The van der Waals surface area contributed by atoms with Gasteiger partial charge in [-0.3, -0.25) is 0 Å². The second-order valence-electron chi connectivity index (χ2n) is 7.70. The van der Waals surface area contributed by atoms with Crippen molar-refractivity contribution < 1.29 is 19.4 Å². The van der Waals surface area contributed by atoms with Crippen LogP contribution in [0.5, 0.6) is 5.75 Å². The fourth-order valence-corrected chi connectivity index (χ4v) is 4.44. The molecule has 31 heavy (non-hydrogen) atoms. The molecule has 3 aromatic carbocycles. The second-order valence-corrected chi connectivity index (χ2v) is 7.70. The number of halogens is 1. The number of aromatic amines is 1. The Hall–Kier alpha value is -4.11. The van der Waals surface area contributed by atoms with Gasteiger partial charge < -0.3 is 15.2 Å². The Balaban J connectivity index is 1.68. The summed E-state index contributed by atoms with van der Waals surface area (Å²) in [5.74, 6) is -1.88. The number of nitrogens with one attached hydrogen (secondary N) is 1. The van der Waals surface area contributed by atoms with E-state index in [1.807, 2.05) is 30.3 Å². The van der Waals surface area contributed by atoms with Crippen molar-refractivity contribution in [2.45, 2.75) is 19.3 Å². The van der Waals surface area contributed by atoms with Crippen LogP contribution in [-0.2, 0) is 19.3 Å². The van der Waals surface area contributed by atoms with Crippen LogP contribution in [0.1, 0.15) is 27.0 Å². The standard InChI is InChI=1S/C25H17FN2O3/c26-22-16(14-3-1-2-13(10-14)8-9-27)6-7-18-17-5-4-15-11-20(25(30)31)21(29)12-19(15)23(17)28-24(18)22/h1-3,6-7,10-12,28-29H,4-5,8H2,(H,30,31). The number of carbonyl (C=O) groups is 1. The molecule has 1 aliphatic rings. The SMILES string of the molecule is N#CCc1cccc(-c2ccc3c4c([nH]c3c2F)-c2cc(O)c(C(=O)O)cc2CC4)c1. The number of hydrogen-bond donors (Lipinski definition) is 3. The van der Waals surface area contributed by atoms with Gasteiger partial charge in [-0.25, -0.2) is 9.18 Å². The molecule has 0 aliphatic heterocycles. The molecule has 5 rings (SSSR count). The number of fused-ring (bicyclic) bond motifs is 5. The predicted molar refractivity (Wildman–Crippen MR) is 114 cm³/mol. The normalized spacial score (nSPS) is 12.3. The maximum Gasteiger partial charge on any atom is 0.339 e. The number of aromatic hydroxyl groups is 1. The fourth-order valence-electron chi connectivity index (χ4n) is 4.44. The van der Waals surface area contributed by atoms with Gasteiger partial charge in [0.1, 0.15) is 11.3 Å². The lowest BCUT2D eigenvalue weighted by Crippen LogP contribution is -2.06. The Labute approximate surface area is 177 Å². The topological polar surface area (TPSA) is 97.1 Å². The number of H-pyrrole nitrogens is 1. The largest absolute Gasteiger partial charge is 0.507 e. The quantitative estimate of drug-likeness (QED) is 0.430. The first kappa shape index (κ1) is 18.9. The van der Waals surface area contributed by atoms with Gasteiger partial charge in [0.05, 0.1) is 23.7 Å². The first-order chi connectivity index (χ1) is 15.0. The molecule has 0 spiro atoms.